The Hall–Kier alpha value is -2.64. The Kier molecular flexibility index (Phi) is 4.64. The highest BCUT2D eigenvalue weighted by Gasteiger charge is 2.10. The minimum absolute atomic E-state index is 0.146. The van der Waals surface area contributed by atoms with Gasteiger partial charge in [0.25, 0.3) is 5.91 Å². The molecular formula is C15H11Cl2N5O2. The molecule has 2 N–H and O–H groups in total. The molecule has 24 heavy (non-hydrogen) atoms. The summed E-state index contributed by atoms with van der Waals surface area (Å²) in [6.07, 6.45) is 0. The van der Waals surface area contributed by atoms with Gasteiger partial charge in [-0.2, -0.15) is 0 Å². The number of amides is 1. The molecule has 0 atom stereocenters. The highest BCUT2D eigenvalue weighted by atomic mass is 35.5. The van der Waals surface area contributed by atoms with Gasteiger partial charge in [0.1, 0.15) is 5.76 Å². The molecule has 0 saturated carbocycles. The van der Waals surface area contributed by atoms with Gasteiger partial charge in [0.15, 0.2) is 17.3 Å². The molecule has 0 aliphatic carbocycles. The van der Waals surface area contributed by atoms with Gasteiger partial charge < -0.3 is 15.2 Å². The average Bonchev–Trinajstić information content (AvgIpc) is 2.92. The van der Waals surface area contributed by atoms with Crippen molar-refractivity contribution in [3.63, 3.8) is 0 Å². The number of aromatic nitrogens is 3. The molecule has 0 radical (unpaired) electrons. The van der Waals surface area contributed by atoms with Gasteiger partial charge in [-0.1, -0.05) is 28.4 Å². The van der Waals surface area contributed by atoms with E-state index in [0.717, 1.165) is 0 Å². The van der Waals surface area contributed by atoms with Crippen LogP contribution < -0.4 is 10.6 Å². The summed E-state index contributed by atoms with van der Waals surface area (Å²) in [4.78, 5) is 12.2. The van der Waals surface area contributed by atoms with E-state index in [1.54, 1.807) is 37.3 Å². The molecule has 2 heterocycles. The lowest BCUT2D eigenvalue weighted by atomic mass is 10.3. The Balaban J connectivity index is 1.69. The van der Waals surface area contributed by atoms with Crippen LogP contribution in [0.1, 0.15) is 16.2 Å². The fraction of sp³-hybridized carbons (Fsp3) is 0.0667. The lowest BCUT2D eigenvalue weighted by molar-refractivity contribution is 0.102. The van der Waals surface area contributed by atoms with Crippen molar-refractivity contribution in [1.29, 1.82) is 0 Å². The van der Waals surface area contributed by atoms with Gasteiger partial charge in [0, 0.05) is 21.8 Å². The Labute approximate surface area is 147 Å². The van der Waals surface area contributed by atoms with Crippen LogP contribution in [0.3, 0.4) is 0 Å². The first kappa shape index (κ1) is 16.2. The number of hydrogen-bond acceptors (Lipinski definition) is 6. The third-order valence-corrected chi connectivity index (χ3v) is 3.34. The first-order valence-corrected chi connectivity index (χ1v) is 7.57. The molecule has 3 rings (SSSR count). The van der Waals surface area contributed by atoms with Crippen LogP contribution in [0.2, 0.25) is 10.0 Å². The number of hydrogen-bond donors (Lipinski definition) is 2. The van der Waals surface area contributed by atoms with E-state index in [1.165, 1.54) is 6.07 Å². The fourth-order valence-corrected chi connectivity index (χ4v) is 2.42. The van der Waals surface area contributed by atoms with E-state index in [-0.39, 0.29) is 5.69 Å². The van der Waals surface area contributed by atoms with Crippen LogP contribution >= 0.6 is 23.2 Å². The van der Waals surface area contributed by atoms with E-state index in [9.17, 15) is 4.79 Å². The third kappa shape index (κ3) is 4.01. The zero-order chi connectivity index (χ0) is 17.1. The Bertz CT molecular complexity index is 860. The Morgan fingerprint density at radius 1 is 1.04 bits per heavy atom. The normalized spacial score (nSPS) is 10.5. The number of anilines is 3. The molecule has 1 amide bonds. The minimum Gasteiger partial charge on any atom is -0.360 e. The van der Waals surface area contributed by atoms with Crippen molar-refractivity contribution in [3.8, 4) is 0 Å². The number of halogens is 2. The smallest absolute Gasteiger partial charge is 0.276 e. The molecule has 0 bridgehead atoms. The van der Waals surface area contributed by atoms with E-state index in [1.807, 2.05) is 0 Å². The topological polar surface area (TPSA) is 92.9 Å². The first-order valence-electron chi connectivity index (χ1n) is 6.81. The van der Waals surface area contributed by atoms with Gasteiger partial charge in [-0.25, -0.2) is 0 Å². The zero-order valence-electron chi connectivity index (χ0n) is 12.4. The van der Waals surface area contributed by atoms with Gasteiger partial charge in [-0.15, -0.1) is 10.2 Å². The van der Waals surface area contributed by atoms with Crippen molar-refractivity contribution >= 4 is 46.4 Å². The SMILES string of the molecule is Cc1cc(Nc2ccc(C(=O)Nc3cc(Cl)cc(Cl)c3)nn2)no1. The summed E-state index contributed by atoms with van der Waals surface area (Å²) in [6, 6.07) is 9.60. The maximum Gasteiger partial charge on any atom is 0.276 e. The third-order valence-electron chi connectivity index (χ3n) is 2.90. The molecule has 0 aliphatic rings. The van der Waals surface area contributed by atoms with E-state index in [4.69, 9.17) is 27.7 Å². The lowest BCUT2D eigenvalue weighted by Crippen LogP contribution is -2.14. The van der Waals surface area contributed by atoms with Gasteiger partial charge in [-0.3, -0.25) is 4.79 Å². The number of carbonyl (C=O) groups is 1. The van der Waals surface area contributed by atoms with Crippen LogP contribution in [0, 0.1) is 6.92 Å². The molecule has 0 spiro atoms. The predicted octanol–water partition coefficient (Wildman–Crippen LogP) is 4.08. The number of nitrogens with zero attached hydrogens (tertiary/aromatic N) is 3. The number of carbonyl (C=O) groups excluding carboxylic acids is 1. The van der Waals surface area contributed by atoms with E-state index < -0.39 is 5.91 Å². The van der Waals surface area contributed by atoms with Gasteiger partial charge in [-0.05, 0) is 37.3 Å². The summed E-state index contributed by atoms with van der Waals surface area (Å²) in [7, 11) is 0. The van der Waals surface area contributed by atoms with Crippen molar-refractivity contribution in [2.24, 2.45) is 0 Å². The van der Waals surface area contributed by atoms with Crippen LogP contribution in [-0.2, 0) is 0 Å². The molecular weight excluding hydrogens is 353 g/mol. The highest BCUT2D eigenvalue weighted by molar-refractivity contribution is 6.35. The second-order valence-electron chi connectivity index (χ2n) is 4.86. The van der Waals surface area contributed by atoms with Crippen molar-refractivity contribution < 1.29 is 9.32 Å². The van der Waals surface area contributed by atoms with E-state index in [2.05, 4.69) is 26.0 Å². The maximum atomic E-state index is 12.2. The molecule has 0 saturated heterocycles. The Morgan fingerprint density at radius 3 is 2.38 bits per heavy atom. The second kappa shape index (κ2) is 6.86. The number of benzene rings is 1. The fourth-order valence-electron chi connectivity index (χ4n) is 1.90. The molecule has 122 valence electrons. The molecule has 1 aromatic carbocycles. The summed E-state index contributed by atoms with van der Waals surface area (Å²) in [5.74, 6) is 1.18. The number of nitrogens with one attached hydrogen (secondary N) is 2. The van der Waals surface area contributed by atoms with Crippen molar-refractivity contribution in [3.05, 3.63) is 57.9 Å². The van der Waals surface area contributed by atoms with Crippen LogP contribution in [0.25, 0.3) is 0 Å². The quantitative estimate of drug-likeness (QED) is 0.725. The van der Waals surface area contributed by atoms with Gasteiger partial charge in [0.05, 0.1) is 0 Å². The predicted molar refractivity (Wildman–Crippen MR) is 91.0 cm³/mol. The monoisotopic (exact) mass is 363 g/mol. The maximum absolute atomic E-state index is 12.2. The van der Waals surface area contributed by atoms with E-state index in [0.29, 0.717) is 33.1 Å². The summed E-state index contributed by atoms with van der Waals surface area (Å²) >= 11 is 11.8. The largest absolute Gasteiger partial charge is 0.360 e. The Morgan fingerprint density at radius 2 is 1.79 bits per heavy atom. The second-order valence-corrected chi connectivity index (χ2v) is 5.74. The summed E-state index contributed by atoms with van der Waals surface area (Å²) in [5.41, 5.74) is 0.618. The molecule has 0 unspecified atom stereocenters. The zero-order valence-corrected chi connectivity index (χ0v) is 13.9. The number of aryl methyl sites for hydroxylation is 1. The summed E-state index contributed by atoms with van der Waals surface area (Å²) in [6.45, 7) is 1.78. The van der Waals surface area contributed by atoms with Crippen molar-refractivity contribution in [2.75, 3.05) is 10.6 Å². The molecule has 3 aromatic rings. The number of rotatable bonds is 4. The van der Waals surface area contributed by atoms with Crippen LogP contribution in [0.4, 0.5) is 17.3 Å². The highest BCUT2D eigenvalue weighted by Crippen LogP contribution is 2.22. The van der Waals surface area contributed by atoms with Crippen molar-refractivity contribution in [1.82, 2.24) is 15.4 Å². The van der Waals surface area contributed by atoms with Crippen LogP contribution in [0.5, 0.6) is 0 Å². The van der Waals surface area contributed by atoms with Crippen LogP contribution in [-0.4, -0.2) is 21.3 Å². The molecule has 2 aromatic heterocycles. The van der Waals surface area contributed by atoms with Gasteiger partial charge in [0.2, 0.25) is 0 Å². The summed E-state index contributed by atoms with van der Waals surface area (Å²) in [5, 5.41) is 18.0. The molecule has 9 heteroatoms. The average molecular weight is 364 g/mol. The molecule has 0 fully saturated rings. The molecule has 0 aliphatic heterocycles. The minimum atomic E-state index is -0.426. The van der Waals surface area contributed by atoms with E-state index >= 15 is 0 Å². The van der Waals surface area contributed by atoms with Gasteiger partial charge >= 0.3 is 0 Å². The lowest BCUT2D eigenvalue weighted by Gasteiger charge is -2.06. The van der Waals surface area contributed by atoms with Crippen LogP contribution in [0.15, 0.2) is 40.9 Å². The first-order chi connectivity index (χ1) is 11.5. The standard InChI is InChI=1S/C15H11Cl2N5O2/c1-8-4-14(22-24-8)19-13-3-2-12(20-21-13)15(23)18-11-6-9(16)5-10(17)7-11/h2-7H,1H3,(H,18,23)(H,19,21,22). The van der Waals surface area contributed by atoms with Crippen molar-refractivity contribution in [2.45, 2.75) is 6.92 Å². The summed E-state index contributed by atoms with van der Waals surface area (Å²) < 4.78 is 4.94. The molecule has 7 nitrogen and oxygen atoms in total.